The van der Waals surface area contributed by atoms with Gasteiger partial charge in [-0.1, -0.05) is 85.0 Å². The summed E-state index contributed by atoms with van der Waals surface area (Å²) in [5, 5.41) is 9.81. The number of aliphatic hydroxyl groups excluding tert-OH is 1. The summed E-state index contributed by atoms with van der Waals surface area (Å²) in [6.45, 7) is 6.31. The molecule has 0 saturated carbocycles. The minimum atomic E-state index is -0.701. The Hall–Kier alpha value is -1.10. The van der Waals surface area contributed by atoms with Gasteiger partial charge in [0.05, 0.1) is 12.0 Å². The summed E-state index contributed by atoms with van der Waals surface area (Å²) in [5.41, 5.74) is -0.701. The van der Waals surface area contributed by atoms with Crippen molar-refractivity contribution in [2.75, 3.05) is 19.8 Å². The third kappa shape index (κ3) is 15.4. The maximum absolute atomic E-state index is 12.0. The first-order valence-corrected chi connectivity index (χ1v) is 12.0. The predicted molar refractivity (Wildman–Crippen MR) is 118 cm³/mol. The van der Waals surface area contributed by atoms with Crippen molar-refractivity contribution in [3.8, 4) is 0 Å². The SMILES string of the molecule is CCCCCCCCC(=O)OCC(CC)(CO)COC(=O)CCCCCCCC. The van der Waals surface area contributed by atoms with E-state index in [9.17, 15) is 14.7 Å². The van der Waals surface area contributed by atoms with Gasteiger partial charge < -0.3 is 14.6 Å². The molecule has 5 heteroatoms. The molecule has 0 aromatic rings. The lowest BCUT2D eigenvalue weighted by Crippen LogP contribution is -2.37. The van der Waals surface area contributed by atoms with Gasteiger partial charge in [-0.3, -0.25) is 9.59 Å². The maximum atomic E-state index is 12.0. The Morgan fingerprint density at radius 3 is 1.38 bits per heavy atom. The fourth-order valence-corrected chi connectivity index (χ4v) is 3.16. The summed E-state index contributed by atoms with van der Waals surface area (Å²) in [6, 6.07) is 0. The van der Waals surface area contributed by atoms with Gasteiger partial charge in [-0.05, 0) is 19.3 Å². The Bertz CT molecular complexity index is 370. The van der Waals surface area contributed by atoms with Crippen LogP contribution in [0.25, 0.3) is 0 Å². The molecule has 1 N–H and O–H groups in total. The van der Waals surface area contributed by atoms with Gasteiger partial charge in [0.2, 0.25) is 0 Å². The molecular formula is C24H46O5. The summed E-state index contributed by atoms with van der Waals surface area (Å²) in [7, 11) is 0. The van der Waals surface area contributed by atoms with E-state index in [4.69, 9.17) is 9.47 Å². The van der Waals surface area contributed by atoms with Crippen LogP contribution in [0.5, 0.6) is 0 Å². The molecule has 0 atom stereocenters. The molecule has 0 fully saturated rings. The highest BCUT2D eigenvalue weighted by atomic mass is 16.5. The van der Waals surface area contributed by atoms with Gasteiger partial charge in [0.25, 0.3) is 0 Å². The van der Waals surface area contributed by atoms with Crippen LogP contribution in [0, 0.1) is 5.41 Å². The molecule has 5 nitrogen and oxygen atoms in total. The fraction of sp³-hybridized carbons (Fsp3) is 0.917. The third-order valence-electron chi connectivity index (χ3n) is 5.63. The normalized spacial score (nSPS) is 11.4. The second-order valence-corrected chi connectivity index (χ2v) is 8.37. The van der Waals surface area contributed by atoms with Gasteiger partial charge in [0.15, 0.2) is 0 Å². The highest BCUT2D eigenvalue weighted by molar-refractivity contribution is 5.69. The number of rotatable bonds is 20. The number of unbranched alkanes of at least 4 members (excludes halogenated alkanes) is 10. The van der Waals surface area contributed by atoms with Gasteiger partial charge in [0, 0.05) is 12.8 Å². The highest BCUT2D eigenvalue weighted by Gasteiger charge is 2.31. The Morgan fingerprint density at radius 2 is 1.03 bits per heavy atom. The Morgan fingerprint density at radius 1 is 0.655 bits per heavy atom. The minimum absolute atomic E-state index is 0.0962. The van der Waals surface area contributed by atoms with Gasteiger partial charge in [0.1, 0.15) is 13.2 Å². The molecule has 0 aliphatic carbocycles. The van der Waals surface area contributed by atoms with Crippen molar-refractivity contribution in [1.82, 2.24) is 0 Å². The molecule has 0 spiro atoms. The van der Waals surface area contributed by atoms with Crippen molar-refractivity contribution < 1.29 is 24.2 Å². The molecule has 0 bridgehead atoms. The van der Waals surface area contributed by atoms with E-state index >= 15 is 0 Å². The molecule has 0 radical (unpaired) electrons. The number of ether oxygens (including phenoxy) is 2. The second-order valence-electron chi connectivity index (χ2n) is 8.37. The first kappa shape index (κ1) is 27.9. The highest BCUT2D eigenvalue weighted by Crippen LogP contribution is 2.23. The van der Waals surface area contributed by atoms with Gasteiger partial charge in [-0.25, -0.2) is 0 Å². The van der Waals surface area contributed by atoms with Crippen molar-refractivity contribution in [3.63, 3.8) is 0 Å². The van der Waals surface area contributed by atoms with Crippen molar-refractivity contribution in [1.29, 1.82) is 0 Å². The molecule has 0 aromatic heterocycles. The average molecular weight is 415 g/mol. The summed E-state index contributed by atoms with van der Waals surface area (Å²) in [6.07, 6.45) is 14.9. The van der Waals surface area contributed by atoms with Crippen LogP contribution in [0.2, 0.25) is 0 Å². The zero-order valence-electron chi connectivity index (χ0n) is 19.3. The lowest BCUT2D eigenvalue weighted by Gasteiger charge is -2.29. The Balaban J connectivity index is 4.06. The van der Waals surface area contributed by atoms with E-state index in [0.29, 0.717) is 19.3 Å². The molecule has 29 heavy (non-hydrogen) atoms. The second kappa shape index (κ2) is 18.9. The minimum Gasteiger partial charge on any atom is -0.465 e. The zero-order valence-corrected chi connectivity index (χ0v) is 19.3. The largest absolute Gasteiger partial charge is 0.465 e. The van der Waals surface area contributed by atoms with Crippen LogP contribution < -0.4 is 0 Å². The Labute approximate surface area is 178 Å². The molecule has 0 aliphatic heterocycles. The Kier molecular flexibility index (Phi) is 18.2. The van der Waals surface area contributed by atoms with E-state index in [1.54, 1.807) is 0 Å². The van der Waals surface area contributed by atoms with Crippen molar-refractivity contribution in [2.45, 2.75) is 117 Å². The van der Waals surface area contributed by atoms with Crippen molar-refractivity contribution >= 4 is 11.9 Å². The fourth-order valence-electron chi connectivity index (χ4n) is 3.16. The number of carbonyl (C=O) groups excluding carboxylic acids is 2. The molecule has 0 aliphatic rings. The summed E-state index contributed by atoms with van der Waals surface area (Å²) < 4.78 is 10.8. The van der Waals surface area contributed by atoms with Crippen LogP contribution in [-0.2, 0) is 19.1 Å². The molecular weight excluding hydrogens is 368 g/mol. The van der Waals surface area contributed by atoms with E-state index < -0.39 is 5.41 Å². The van der Waals surface area contributed by atoms with Crippen LogP contribution >= 0.6 is 0 Å². The van der Waals surface area contributed by atoms with Crippen molar-refractivity contribution in [2.24, 2.45) is 5.41 Å². The number of aliphatic hydroxyl groups is 1. The number of hydrogen-bond acceptors (Lipinski definition) is 5. The lowest BCUT2D eigenvalue weighted by molar-refractivity contribution is -0.156. The first-order chi connectivity index (χ1) is 14.0. The monoisotopic (exact) mass is 414 g/mol. The van der Waals surface area contributed by atoms with Gasteiger partial charge >= 0.3 is 11.9 Å². The van der Waals surface area contributed by atoms with E-state index in [2.05, 4.69) is 13.8 Å². The summed E-state index contributed by atoms with van der Waals surface area (Å²) >= 11 is 0. The number of hydrogen-bond donors (Lipinski definition) is 1. The molecule has 0 unspecified atom stereocenters. The van der Waals surface area contributed by atoms with E-state index in [1.165, 1.54) is 38.5 Å². The molecule has 0 saturated heterocycles. The van der Waals surface area contributed by atoms with Crippen LogP contribution in [0.1, 0.15) is 117 Å². The molecule has 0 amide bonds. The summed E-state index contributed by atoms with van der Waals surface area (Å²) in [4.78, 5) is 24.0. The maximum Gasteiger partial charge on any atom is 0.305 e. The van der Waals surface area contributed by atoms with Gasteiger partial charge in [-0.2, -0.15) is 0 Å². The standard InChI is InChI=1S/C24H46O5/c1-4-7-9-11-13-15-17-22(26)28-20-24(6-3,19-25)21-29-23(27)18-16-14-12-10-8-5-2/h25H,4-21H2,1-3H3. The molecule has 0 rings (SSSR count). The number of carbonyl (C=O) groups is 2. The molecule has 0 aromatic carbocycles. The van der Waals surface area contributed by atoms with Crippen LogP contribution in [0.15, 0.2) is 0 Å². The van der Waals surface area contributed by atoms with Crippen LogP contribution in [0.4, 0.5) is 0 Å². The predicted octanol–water partition coefficient (Wildman–Crippen LogP) is 5.96. The topological polar surface area (TPSA) is 72.8 Å². The van der Waals surface area contributed by atoms with E-state index in [1.807, 2.05) is 6.92 Å². The zero-order chi connectivity index (χ0) is 21.8. The first-order valence-electron chi connectivity index (χ1n) is 12.0. The number of esters is 2. The third-order valence-corrected chi connectivity index (χ3v) is 5.63. The van der Waals surface area contributed by atoms with Gasteiger partial charge in [-0.15, -0.1) is 0 Å². The molecule has 0 heterocycles. The smallest absolute Gasteiger partial charge is 0.305 e. The molecule has 172 valence electrons. The average Bonchev–Trinajstić information content (AvgIpc) is 2.73. The van der Waals surface area contributed by atoms with Crippen LogP contribution in [0.3, 0.4) is 0 Å². The quantitative estimate of drug-likeness (QED) is 0.196. The van der Waals surface area contributed by atoms with E-state index in [0.717, 1.165) is 38.5 Å². The van der Waals surface area contributed by atoms with Crippen molar-refractivity contribution in [3.05, 3.63) is 0 Å². The summed E-state index contributed by atoms with van der Waals surface area (Å²) in [5.74, 6) is -0.463. The van der Waals surface area contributed by atoms with Crippen LogP contribution in [-0.4, -0.2) is 36.9 Å². The lowest BCUT2D eigenvalue weighted by atomic mass is 9.88. The van der Waals surface area contributed by atoms with E-state index in [-0.39, 0.29) is 31.8 Å².